The summed E-state index contributed by atoms with van der Waals surface area (Å²) in [5.41, 5.74) is 1.95. The molecule has 5 nitrogen and oxygen atoms in total. The van der Waals surface area contributed by atoms with E-state index in [1.54, 1.807) is 24.3 Å². The quantitative estimate of drug-likeness (QED) is 0.792. The van der Waals surface area contributed by atoms with Crippen LogP contribution in [0.15, 0.2) is 53.4 Å². The number of carbonyl (C=O) groups excluding carboxylic acids is 1. The standard InChI is InChI=1S/C19H24N2O3S/c1-4-14(3)20-19(22)16-7-6-8-18(13-16)25(23,24)21-17-11-9-15(5-2)10-12-17/h6-14,21H,4-5H2,1-3H3,(H,20,22). The first kappa shape index (κ1) is 19.0. The van der Waals surface area contributed by atoms with Crippen LogP contribution in [0.2, 0.25) is 0 Å². The molecule has 1 unspecified atom stereocenters. The van der Waals surface area contributed by atoms with Crippen molar-refractivity contribution in [1.82, 2.24) is 5.32 Å². The lowest BCUT2D eigenvalue weighted by atomic mass is 10.2. The summed E-state index contributed by atoms with van der Waals surface area (Å²) in [5.74, 6) is -0.279. The first-order valence-corrected chi connectivity index (χ1v) is 9.86. The van der Waals surface area contributed by atoms with E-state index in [2.05, 4.69) is 10.0 Å². The number of nitrogens with one attached hydrogen (secondary N) is 2. The van der Waals surface area contributed by atoms with Crippen molar-refractivity contribution in [2.45, 2.75) is 44.6 Å². The van der Waals surface area contributed by atoms with E-state index < -0.39 is 10.0 Å². The largest absolute Gasteiger partial charge is 0.350 e. The summed E-state index contributed by atoms with van der Waals surface area (Å²) in [6, 6.07) is 13.3. The Labute approximate surface area is 149 Å². The average Bonchev–Trinajstić information content (AvgIpc) is 2.62. The normalized spacial score (nSPS) is 12.4. The number of rotatable bonds is 7. The second-order valence-corrected chi connectivity index (χ2v) is 7.65. The molecule has 0 saturated heterocycles. The van der Waals surface area contributed by atoms with E-state index >= 15 is 0 Å². The molecular formula is C19H24N2O3S. The highest BCUT2D eigenvalue weighted by atomic mass is 32.2. The Bertz CT molecular complexity index is 830. The van der Waals surface area contributed by atoms with Crippen molar-refractivity contribution < 1.29 is 13.2 Å². The lowest BCUT2D eigenvalue weighted by molar-refractivity contribution is 0.0939. The van der Waals surface area contributed by atoms with Gasteiger partial charge >= 0.3 is 0 Å². The third-order valence-corrected chi connectivity index (χ3v) is 5.39. The lowest BCUT2D eigenvalue weighted by Gasteiger charge is -2.13. The highest BCUT2D eigenvalue weighted by Crippen LogP contribution is 2.18. The molecular weight excluding hydrogens is 336 g/mol. The molecule has 2 aromatic carbocycles. The van der Waals surface area contributed by atoms with Gasteiger partial charge in [0.25, 0.3) is 15.9 Å². The number of amides is 1. The van der Waals surface area contributed by atoms with Gasteiger partial charge < -0.3 is 5.32 Å². The summed E-state index contributed by atoms with van der Waals surface area (Å²) in [7, 11) is -3.75. The molecule has 2 aromatic rings. The van der Waals surface area contributed by atoms with Crippen LogP contribution < -0.4 is 10.0 Å². The van der Waals surface area contributed by atoms with Crippen LogP contribution >= 0.6 is 0 Å². The molecule has 0 saturated carbocycles. The predicted octanol–water partition coefficient (Wildman–Crippen LogP) is 3.58. The average molecular weight is 360 g/mol. The molecule has 0 aliphatic carbocycles. The van der Waals surface area contributed by atoms with Gasteiger partial charge in [0, 0.05) is 17.3 Å². The zero-order valence-corrected chi connectivity index (χ0v) is 15.6. The minimum Gasteiger partial charge on any atom is -0.350 e. The maximum atomic E-state index is 12.6. The minimum atomic E-state index is -3.75. The van der Waals surface area contributed by atoms with E-state index in [0.717, 1.165) is 18.4 Å². The van der Waals surface area contributed by atoms with Gasteiger partial charge in [-0.1, -0.05) is 32.0 Å². The first-order chi connectivity index (χ1) is 11.9. The van der Waals surface area contributed by atoms with Gasteiger partial charge in [0.15, 0.2) is 0 Å². The Morgan fingerprint density at radius 2 is 1.76 bits per heavy atom. The van der Waals surface area contributed by atoms with Crippen molar-refractivity contribution in [3.8, 4) is 0 Å². The SMILES string of the molecule is CCc1ccc(NS(=O)(=O)c2cccc(C(=O)NC(C)CC)c2)cc1. The molecule has 0 spiro atoms. The number of sulfonamides is 1. The number of benzene rings is 2. The smallest absolute Gasteiger partial charge is 0.261 e. The van der Waals surface area contributed by atoms with Crippen LogP contribution in [0.4, 0.5) is 5.69 Å². The molecule has 1 amide bonds. The van der Waals surface area contributed by atoms with Gasteiger partial charge in [-0.15, -0.1) is 0 Å². The lowest BCUT2D eigenvalue weighted by Crippen LogP contribution is -2.32. The molecule has 0 radical (unpaired) electrons. The van der Waals surface area contributed by atoms with Gasteiger partial charge in [-0.3, -0.25) is 9.52 Å². The van der Waals surface area contributed by atoms with Crippen LogP contribution in [0.5, 0.6) is 0 Å². The Kier molecular flexibility index (Phi) is 6.20. The van der Waals surface area contributed by atoms with E-state index in [9.17, 15) is 13.2 Å². The third kappa shape index (κ3) is 5.06. The molecule has 0 aromatic heterocycles. The van der Waals surface area contributed by atoms with Crippen LogP contribution in [0.25, 0.3) is 0 Å². The van der Waals surface area contributed by atoms with Crippen molar-refractivity contribution in [1.29, 1.82) is 0 Å². The maximum Gasteiger partial charge on any atom is 0.261 e. The van der Waals surface area contributed by atoms with E-state index in [1.165, 1.54) is 12.1 Å². The summed E-state index contributed by atoms with van der Waals surface area (Å²) in [5, 5.41) is 2.83. The summed E-state index contributed by atoms with van der Waals surface area (Å²) in [6.45, 7) is 5.91. The van der Waals surface area contributed by atoms with Crippen LogP contribution in [0, 0.1) is 0 Å². The number of carbonyl (C=O) groups is 1. The second kappa shape index (κ2) is 8.16. The highest BCUT2D eigenvalue weighted by Gasteiger charge is 2.17. The fourth-order valence-corrected chi connectivity index (χ4v) is 3.34. The Hall–Kier alpha value is -2.34. The van der Waals surface area contributed by atoms with E-state index in [4.69, 9.17) is 0 Å². The molecule has 2 N–H and O–H groups in total. The number of aryl methyl sites for hydroxylation is 1. The Balaban J connectivity index is 2.21. The molecule has 0 aliphatic rings. The van der Waals surface area contributed by atoms with Crippen LogP contribution in [0.1, 0.15) is 43.1 Å². The van der Waals surface area contributed by atoms with E-state index in [-0.39, 0.29) is 16.8 Å². The number of hydrogen-bond donors (Lipinski definition) is 2. The second-order valence-electron chi connectivity index (χ2n) is 5.97. The van der Waals surface area contributed by atoms with Gasteiger partial charge in [0.1, 0.15) is 0 Å². The topological polar surface area (TPSA) is 75.3 Å². The minimum absolute atomic E-state index is 0.0305. The Morgan fingerprint density at radius 3 is 2.36 bits per heavy atom. The van der Waals surface area contributed by atoms with Crippen LogP contribution in [-0.2, 0) is 16.4 Å². The van der Waals surface area contributed by atoms with Gasteiger partial charge in [-0.2, -0.15) is 0 Å². The van der Waals surface area contributed by atoms with E-state index in [0.29, 0.717) is 11.3 Å². The van der Waals surface area contributed by atoms with Gasteiger partial charge in [0.2, 0.25) is 0 Å². The monoisotopic (exact) mass is 360 g/mol. The summed E-state index contributed by atoms with van der Waals surface area (Å²) in [4.78, 5) is 12.3. The van der Waals surface area contributed by atoms with Gasteiger partial charge in [-0.25, -0.2) is 8.42 Å². The fourth-order valence-electron chi connectivity index (χ4n) is 2.24. The highest BCUT2D eigenvalue weighted by molar-refractivity contribution is 7.92. The van der Waals surface area contributed by atoms with Crippen molar-refractivity contribution in [3.63, 3.8) is 0 Å². The van der Waals surface area contributed by atoms with Gasteiger partial charge in [0.05, 0.1) is 4.90 Å². The van der Waals surface area contributed by atoms with Crippen molar-refractivity contribution in [2.24, 2.45) is 0 Å². The molecule has 134 valence electrons. The van der Waals surface area contributed by atoms with Crippen molar-refractivity contribution in [3.05, 3.63) is 59.7 Å². The first-order valence-electron chi connectivity index (χ1n) is 8.38. The predicted molar refractivity (Wildman–Crippen MR) is 100 cm³/mol. The molecule has 0 bridgehead atoms. The summed E-state index contributed by atoms with van der Waals surface area (Å²) in [6.07, 6.45) is 1.69. The zero-order chi connectivity index (χ0) is 18.4. The van der Waals surface area contributed by atoms with E-state index in [1.807, 2.05) is 32.9 Å². The molecule has 6 heteroatoms. The molecule has 0 fully saturated rings. The van der Waals surface area contributed by atoms with Crippen molar-refractivity contribution >= 4 is 21.6 Å². The van der Waals surface area contributed by atoms with Crippen LogP contribution in [-0.4, -0.2) is 20.4 Å². The Morgan fingerprint density at radius 1 is 1.08 bits per heavy atom. The molecule has 0 aliphatic heterocycles. The molecule has 25 heavy (non-hydrogen) atoms. The number of hydrogen-bond acceptors (Lipinski definition) is 3. The molecule has 2 rings (SSSR count). The van der Waals surface area contributed by atoms with Crippen LogP contribution in [0.3, 0.4) is 0 Å². The third-order valence-electron chi connectivity index (χ3n) is 4.01. The number of anilines is 1. The molecule has 0 heterocycles. The molecule has 1 atom stereocenters. The maximum absolute atomic E-state index is 12.6. The van der Waals surface area contributed by atoms with Gasteiger partial charge in [-0.05, 0) is 55.7 Å². The van der Waals surface area contributed by atoms with Crippen molar-refractivity contribution in [2.75, 3.05) is 4.72 Å². The fraction of sp³-hybridized carbons (Fsp3) is 0.316. The summed E-state index contributed by atoms with van der Waals surface area (Å²) < 4.78 is 27.7. The summed E-state index contributed by atoms with van der Waals surface area (Å²) >= 11 is 0. The zero-order valence-electron chi connectivity index (χ0n) is 14.7.